The van der Waals surface area contributed by atoms with Crippen LogP contribution in [0.3, 0.4) is 0 Å². The SMILES string of the molecule is CCCC#Cc1ccc([C@H]2[C@@H](CO)N3C(=O)CN(C(=O)c4cccc(F)c4)C[C@@H]23)cc1. The lowest BCUT2D eigenvalue weighted by Gasteiger charge is -2.58. The first kappa shape index (κ1) is 21.1. The Labute approximate surface area is 181 Å². The first-order chi connectivity index (χ1) is 15.0. The Morgan fingerprint density at radius 1 is 1.23 bits per heavy atom. The first-order valence-corrected chi connectivity index (χ1v) is 10.6. The number of carbonyl (C=O) groups excluding carboxylic acids is 2. The second-order valence-corrected chi connectivity index (χ2v) is 8.01. The van der Waals surface area contributed by atoms with Gasteiger partial charge in [-0.3, -0.25) is 9.59 Å². The smallest absolute Gasteiger partial charge is 0.254 e. The van der Waals surface area contributed by atoms with Crippen LogP contribution in [0.5, 0.6) is 0 Å². The molecule has 0 radical (unpaired) electrons. The van der Waals surface area contributed by atoms with E-state index in [1.807, 2.05) is 24.3 Å². The monoisotopic (exact) mass is 420 g/mol. The molecular formula is C25H25FN2O3. The first-order valence-electron chi connectivity index (χ1n) is 10.6. The quantitative estimate of drug-likeness (QED) is 0.774. The lowest BCUT2D eigenvalue weighted by Crippen LogP contribution is -2.73. The van der Waals surface area contributed by atoms with E-state index in [1.165, 1.54) is 23.1 Å². The van der Waals surface area contributed by atoms with Gasteiger partial charge < -0.3 is 14.9 Å². The Bertz CT molecular complexity index is 1040. The van der Waals surface area contributed by atoms with Crippen LogP contribution in [-0.4, -0.2) is 58.5 Å². The number of amides is 2. The number of piperazine rings is 1. The Balaban J connectivity index is 1.54. The number of halogens is 1. The molecule has 0 saturated carbocycles. The molecule has 0 unspecified atom stereocenters. The summed E-state index contributed by atoms with van der Waals surface area (Å²) in [6.07, 6.45) is 1.87. The molecule has 2 fully saturated rings. The Morgan fingerprint density at radius 3 is 2.68 bits per heavy atom. The highest BCUT2D eigenvalue weighted by atomic mass is 19.1. The van der Waals surface area contributed by atoms with Crippen molar-refractivity contribution in [1.29, 1.82) is 0 Å². The fourth-order valence-electron chi connectivity index (χ4n) is 4.54. The van der Waals surface area contributed by atoms with Gasteiger partial charge in [0.25, 0.3) is 5.91 Å². The van der Waals surface area contributed by atoms with Crippen molar-refractivity contribution in [3.05, 3.63) is 71.0 Å². The van der Waals surface area contributed by atoms with E-state index in [2.05, 4.69) is 18.8 Å². The van der Waals surface area contributed by atoms with E-state index in [-0.39, 0.29) is 48.5 Å². The molecule has 2 amide bonds. The maximum absolute atomic E-state index is 13.5. The second-order valence-electron chi connectivity index (χ2n) is 8.01. The highest BCUT2D eigenvalue weighted by Crippen LogP contribution is 2.43. The third-order valence-corrected chi connectivity index (χ3v) is 6.01. The van der Waals surface area contributed by atoms with Crippen molar-refractivity contribution in [3.8, 4) is 11.8 Å². The number of fused-ring (bicyclic) bond motifs is 1. The number of aliphatic hydroxyl groups is 1. The van der Waals surface area contributed by atoms with E-state index < -0.39 is 5.82 Å². The minimum Gasteiger partial charge on any atom is -0.394 e. The minimum atomic E-state index is -0.486. The van der Waals surface area contributed by atoms with E-state index in [1.54, 1.807) is 11.0 Å². The van der Waals surface area contributed by atoms with Crippen LogP contribution < -0.4 is 0 Å². The summed E-state index contributed by atoms with van der Waals surface area (Å²) in [5.41, 5.74) is 2.16. The summed E-state index contributed by atoms with van der Waals surface area (Å²) in [6.45, 7) is 2.23. The molecule has 2 aromatic rings. The van der Waals surface area contributed by atoms with Crippen LogP contribution in [0, 0.1) is 17.7 Å². The Kier molecular flexibility index (Phi) is 6.06. The largest absolute Gasteiger partial charge is 0.394 e. The van der Waals surface area contributed by atoms with E-state index in [0.717, 1.165) is 24.0 Å². The van der Waals surface area contributed by atoms with Gasteiger partial charge in [0.05, 0.1) is 18.7 Å². The van der Waals surface area contributed by atoms with Gasteiger partial charge in [-0.15, -0.1) is 0 Å². The van der Waals surface area contributed by atoms with Gasteiger partial charge >= 0.3 is 0 Å². The molecule has 0 bridgehead atoms. The molecule has 0 aromatic heterocycles. The summed E-state index contributed by atoms with van der Waals surface area (Å²) in [4.78, 5) is 28.8. The number of hydrogen-bond donors (Lipinski definition) is 1. The van der Waals surface area contributed by atoms with Crippen molar-refractivity contribution >= 4 is 11.8 Å². The average Bonchev–Trinajstić information content (AvgIpc) is 2.76. The van der Waals surface area contributed by atoms with Gasteiger partial charge in [0.1, 0.15) is 12.4 Å². The molecular weight excluding hydrogens is 395 g/mol. The highest BCUT2D eigenvalue weighted by molar-refractivity contribution is 5.97. The van der Waals surface area contributed by atoms with Crippen molar-refractivity contribution in [3.63, 3.8) is 0 Å². The standard InChI is InChI=1S/C25H25FN2O3/c1-2-3-4-6-17-9-11-18(12-10-17)24-21-14-27(15-23(30)28(21)22(24)16-29)25(31)19-7-5-8-20(26)13-19/h5,7-13,21-22,24,29H,2-3,14-16H2,1H3/t21-,22+,24+/m0/s1. The van der Waals surface area contributed by atoms with Crippen LogP contribution in [0.15, 0.2) is 48.5 Å². The third-order valence-electron chi connectivity index (χ3n) is 6.01. The molecule has 2 aliphatic rings. The fraction of sp³-hybridized carbons (Fsp3) is 0.360. The molecule has 4 rings (SSSR count). The molecule has 0 spiro atoms. The van der Waals surface area contributed by atoms with Gasteiger partial charge in [-0.25, -0.2) is 4.39 Å². The molecule has 2 saturated heterocycles. The number of aliphatic hydroxyl groups excluding tert-OH is 1. The van der Waals surface area contributed by atoms with Gasteiger partial charge in [-0.2, -0.15) is 0 Å². The minimum absolute atomic E-state index is 0.0684. The van der Waals surface area contributed by atoms with Gasteiger partial charge in [-0.05, 0) is 42.3 Å². The Morgan fingerprint density at radius 2 is 2.00 bits per heavy atom. The number of benzene rings is 2. The van der Waals surface area contributed by atoms with Crippen molar-refractivity contribution < 1.29 is 19.1 Å². The normalized spacial score (nSPS) is 22.3. The molecule has 1 N–H and O–H groups in total. The maximum Gasteiger partial charge on any atom is 0.254 e. The zero-order valence-corrected chi connectivity index (χ0v) is 17.4. The maximum atomic E-state index is 13.5. The summed E-state index contributed by atoms with van der Waals surface area (Å²) in [6, 6.07) is 12.9. The zero-order valence-electron chi connectivity index (χ0n) is 17.4. The van der Waals surface area contributed by atoms with Crippen LogP contribution in [0.2, 0.25) is 0 Å². The number of hydrogen-bond acceptors (Lipinski definition) is 3. The van der Waals surface area contributed by atoms with Gasteiger partial charge in [-0.1, -0.05) is 37.0 Å². The number of unbranched alkanes of at least 4 members (excludes halogenated alkanes) is 1. The molecule has 0 aliphatic carbocycles. The van der Waals surface area contributed by atoms with Gasteiger partial charge in [0.15, 0.2) is 0 Å². The van der Waals surface area contributed by atoms with Gasteiger partial charge in [0, 0.05) is 30.0 Å². The van der Waals surface area contributed by atoms with E-state index >= 15 is 0 Å². The highest BCUT2D eigenvalue weighted by Gasteiger charge is 2.54. The predicted octanol–water partition coefficient (Wildman–Crippen LogP) is 2.79. The molecule has 5 nitrogen and oxygen atoms in total. The second kappa shape index (κ2) is 8.91. The lowest BCUT2D eigenvalue weighted by atomic mass is 9.73. The van der Waals surface area contributed by atoms with Crippen molar-refractivity contribution in [2.75, 3.05) is 19.7 Å². The lowest BCUT2D eigenvalue weighted by molar-refractivity contribution is -0.159. The van der Waals surface area contributed by atoms with Crippen LogP contribution in [-0.2, 0) is 4.79 Å². The summed E-state index contributed by atoms with van der Waals surface area (Å²) in [5.74, 6) is 5.14. The summed E-state index contributed by atoms with van der Waals surface area (Å²) in [5, 5.41) is 9.92. The summed E-state index contributed by atoms with van der Waals surface area (Å²) < 4.78 is 13.5. The van der Waals surface area contributed by atoms with Crippen LogP contribution in [0.25, 0.3) is 0 Å². The van der Waals surface area contributed by atoms with Crippen molar-refractivity contribution in [2.45, 2.75) is 37.8 Å². The van der Waals surface area contributed by atoms with Crippen molar-refractivity contribution in [1.82, 2.24) is 9.80 Å². The Hall–Kier alpha value is -3.17. The van der Waals surface area contributed by atoms with Crippen LogP contribution in [0.4, 0.5) is 4.39 Å². The predicted molar refractivity (Wildman–Crippen MR) is 115 cm³/mol. The molecule has 2 aromatic carbocycles. The fourth-order valence-corrected chi connectivity index (χ4v) is 4.54. The van der Waals surface area contributed by atoms with Crippen LogP contribution >= 0.6 is 0 Å². The van der Waals surface area contributed by atoms with E-state index in [4.69, 9.17) is 0 Å². The molecule has 6 heteroatoms. The zero-order chi connectivity index (χ0) is 22.0. The average molecular weight is 420 g/mol. The van der Waals surface area contributed by atoms with Crippen molar-refractivity contribution in [2.24, 2.45) is 0 Å². The number of rotatable bonds is 4. The van der Waals surface area contributed by atoms with Crippen LogP contribution in [0.1, 0.15) is 47.2 Å². The van der Waals surface area contributed by atoms with E-state index in [0.29, 0.717) is 6.54 Å². The third kappa shape index (κ3) is 4.06. The topological polar surface area (TPSA) is 60.9 Å². The summed E-state index contributed by atoms with van der Waals surface area (Å²) in [7, 11) is 0. The number of carbonyl (C=O) groups is 2. The molecule has 2 aliphatic heterocycles. The summed E-state index contributed by atoms with van der Waals surface area (Å²) >= 11 is 0. The molecule has 3 atom stereocenters. The van der Waals surface area contributed by atoms with Gasteiger partial charge in [0.2, 0.25) is 5.91 Å². The molecule has 160 valence electrons. The molecule has 2 heterocycles. The van der Waals surface area contributed by atoms with E-state index in [9.17, 15) is 19.1 Å². The molecule has 31 heavy (non-hydrogen) atoms. The number of nitrogens with zero attached hydrogens (tertiary/aromatic N) is 2.